The molecule has 0 saturated carbocycles. The summed E-state index contributed by atoms with van der Waals surface area (Å²) in [5.74, 6) is 1.98. The zero-order valence-electron chi connectivity index (χ0n) is 17.6. The van der Waals surface area contributed by atoms with Crippen molar-refractivity contribution in [2.45, 2.75) is 111 Å². The molecule has 1 saturated heterocycles. The van der Waals surface area contributed by atoms with Gasteiger partial charge in [0.05, 0.1) is 0 Å². The Morgan fingerprint density at radius 2 is 1.68 bits per heavy atom. The van der Waals surface area contributed by atoms with Crippen LogP contribution in [0.1, 0.15) is 98.8 Å². The molecule has 148 valence electrons. The average molecular weight is 353 g/mol. The second kappa shape index (κ2) is 11.9. The van der Waals surface area contributed by atoms with Crippen molar-refractivity contribution < 1.29 is 4.79 Å². The minimum atomic E-state index is 0.250. The largest absolute Gasteiger partial charge is 0.337 e. The van der Waals surface area contributed by atoms with Gasteiger partial charge >= 0.3 is 0 Å². The first-order valence-corrected chi connectivity index (χ1v) is 10.9. The van der Waals surface area contributed by atoms with Gasteiger partial charge in [-0.3, -0.25) is 4.79 Å². The zero-order valence-corrected chi connectivity index (χ0v) is 17.6. The minimum absolute atomic E-state index is 0.250. The summed E-state index contributed by atoms with van der Waals surface area (Å²) >= 11 is 0. The Morgan fingerprint density at radius 3 is 2.24 bits per heavy atom. The van der Waals surface area contributed by atoms with Crippen LogP contribution in [-0.2, 0) is 4.79 Å². The minimum Gasteiger partial charge on any atom is -0.337 e. The highest BCUT2D eigenvalue weighted by Gasteiger charge is 2.41. The van der Waals surface area contributed by atoms with E-state index in [1.165, 1.54) is 44.9 Å². The number of hydrogen-bond donors (Lipinski definition) is 1. The van der Waals surface area contributed by atoms with Crippen molar-refractivity contribution in [2.24, 2.45) is 23.5 Å². The average Bonchev–Trinajstić information content (AvgIpc) is 2.53. The van der Waals surface area contributed by atoms with E-state index < -0.39 is 0 Å². The van der Waals surface area contributed by atoms with Crippen LogP contribution in [-0.4, -0.2) is 29.4 Å². The van der Waals surface area contributed by atoms with Crippen LogP contribution in [0.4, 0.5) is 0 Å². The summed E-state index contributed by atoms with van der Waals surface area (Å²) in [6.07, 6.45) is 12.1. The number of hydrogen-bond acceptors (Lipinski definition) is 2. The molecule has 1 amide bonds. The Bertz CT molecular complexity index is 367. The van der Waals surface area contributed by atoms with E-state index in [9.17, 15) is 4.79 Å². The lowest BCUT2D eigenvalue weighted by molar-refractivity contribution is -0.148. The molecule has 1 aliphatic rings. The number of carbonyl (C=O) groups is 1. The molecule has 3 atom stereocenters. The Labute approximate surface area is 157 Å². The van der Waals surface area contributed by atoms with E-state index in [1.54, 1.807) is 0 Å². The molecule has 1 rings (SSSR count). The van der Waals surface area contributed by atoms with Crippen LogP contribution in [0.5, 0.6) is 0 Å². The predicted octanol–water partition coefficient (Wildman–Crippen LogP) is 5.37. The fourth-order valence-electron chi connectivity index (χ4n) is 4.71. The summed E-state index contributed by atoms with van der Waals surface area (Å²) in [6, 6.07) is 0.787. The fraction of sp³-hybridized carbons (Fsp3) is 0.955. The fourth-order valence-corrected chi connectivity index (χ4v) is 4.71. The van der Waals surface area contributed by atoms with Crippen molar-refractivity contribution in [3.05, 3.63) is 0 Å². The molecule has 0 aliphatic carbocycles. The van der Waals surface area contributed by atoms with Crippen LogP contribution < -0.4 is 5.73 Å². The molecule has 1 fully saturated rings. The van der Waals surface area contributed by atoms with Crippen molar-refractivity contribution in [1.82, 2.24) is 4.90 Å². The first kappa shape index (κ1) is 22.5. The van der Waals surface area contributed by atoms with Gasteiger partial charge in [-0.15, -0.1) is 0 Å². The van der Waals surface area contributed by atoms with E-state index in [-0.39, 0.29) is 5.92 Å². The van der Waals surface area contributed by atoms with Gasteiger partial charge in [-0.2, -0.15) is 0 Å². The zero-order chi connectivity index (χ0) is 18.8. The third-order valence-electron chi connectivity index (χ3n) is 5.77. The third kappa shape index (κ3) is 7.29. The highest BCUT2D eigenvalue weighted by molar-refractivity contribution is 5.80. The Balaban J connectivity index is 2.73. The molecule has 1 heterocycles. The number of piperidine rings is 1. The molecule has 0 aromatic rings. The Kier molecular flexibility index (Phi) is 10.7. The molecular formula is C22H44N2O. The summed E-state index contributed by atoms with van der Waals surface area (Å²) in [5.41, 5.74) is 5.58. The SMILES string of the molecule is CCCC1CC(CC(C)C)C(=O)N(C(C)C)C1CCCCCCCN. The Morgan fingerprint density at radius 1 is 1.04 bits per heavy atom. The molecule has 2 N–H and O–H groups in total. The van der Waals surface area contributed by atoms with Crippen molar-refractivity contribution in [3.63, 3.8) is 0 Å². The molecule has 3 heteroatoms. The van der Waals surface area contributed by atoms with E-state index in [2.05, 4.69) is 39.5 Å². The van der Waals surface area contributed by atoms with Gasteiger partial charge in [0, 0.05) is 18.0 Å². The van der Waals surface area contributed by atoms with Gasteiger partial charge in [-0.05, 0) is 64.3 Å². The number of rotatable bonds is 12. The second-order valence-electron chi connectivity index (χ2n) is 8.86. The van der Waals surface area contributed by atoms with E-state index in [4.69, 9.17) is 5.73 Å². The number of nitrogens with two attached hydrogens (primary N) is 1. The first-order valence-electron chi connectivity index (χ1n) is 10.9. The van der Waals surface area contributed by atoms with Gasteiger partial charge in [-0.1, -0.05) is 52.9 Å². The number of amides is 1. The molecule has 3 nitrogen and oxygen atoms in total. The molecule has 3 unspecified atom stereocenters. The number of nitrogens with zero attached hydrogens (tertiary/aromatic N) is 1. The van der Waals surface area contributed by atoms with Crippen LogP contribution >= 0.6 is 0 Å². The van der Waals surface area contributed by atoms with E-state index in [0.29, 0.717) is 29.8 Å². The van der Waals surface area contributed by atoms with Crippen LogP contribution in [0.3, 0.4) is 0 Å². The normalized spacial score (nSPS) is 24.6. The van der Waals surface area contributed by atoms with E-state index in [0.717, 1.165) is 25.8 Å². The van der Waals surface area contributed by atoms with Crippen LogP contribution in [0.2, 0.25) is 0 Å². The van der Waals surface area contributed by atoms with Crippen molar-refractivity contribution in [3.8, 4) is 0 Å². The van der Waals surface area contributed by atoms with Crippen molar-refractivity contribution in [1.29, 1.82) is 0 Å². The summed E-state index contributed by atoms with van der Waals surface area (Å²) in [6.45, 7) is 12.0. The smallest absolute Gasteiger partial charge is 0.226 e. The van der Waals surface area contributed by atoms with Crippen molar-refractivity contribution >= 4 is 5.91 Å². The van der Waals surface area contributed by atoms with Crippen LogP contribution in [0.15, 0.2) is 0 Å². The maximum atomic E-state index is 13.1. The first-order chi connectivity index (χ1) is 11.9. The maximum absolute atomic E-state index is 13.1. The van der Waals surface area contributed by atoms with Crippen LogP contribution in [0.25, 0.3) is 0 Å². The monoisotopic (exact) mass is 352 g/mol. The number of carbonyl (C=O) groups excluding carboxylic acids is 1. The lowest BCUT2D eigenvalue weighted by atomic mass is 9.75. The quantitative estimate of drug-likeness (QED) is 0.480. The molecule has 0 spiro atoms. The maximum Gasteiger partial charge on any atom is 0.226 e. The van der Waals surface area contributed by atoms with Gasteiger partial charge in [-0.25, -0.2) is 0 Å². The summed E-state index contributed by atoms with van der Waals surface area (Å²) in [5, 5.41) is 0. The predicted molar refractivity (Wildman–Crippen MR) is 108 cm³/mol. The summed E-state index contributed by atoms with van der Waals surface area (Å²) in [7, 11) is 0. The van der Waals surface area contributed by atoms with Gasteiger partial charge in [0.25, 0.3) is 0 Å². The third-order valence-corrected chi connectivity index (χ3v) is 5.77. The van der Waals surface area contributed by atoms with Crippen molar-refractivity contribution in [2.75, 3.05) is 6.54 Å². The standard InChI is InChI=1S/C22H44N2O/c1-6-12-19-16-20(15-17(2)3)22(25)24(18(4)5)21(19)13-10-8-7-9-11-14-23/h17-21H,6-16,23H2,1-5H3. The molecule has 1 aliphatic heterocycles. The highest BCUT2D eigenvalue weighted by atomic mass is 16.2. The topological polar surface area (TPSA) is 46.3 Å². The summed E-state index contributed by atoms with van der Waals surface area (Å²) in [4.78, 5) is 15.4. The van der Waals surface area contributed by atoms with Gasteiger partial charge < -0.3 is 10.6 Å². The number of likely N-dealkylation sites (tertiary alicyclic amines) is 1. The van der Waals surface area contributed by atoms with E-state index >= 15 is 0 Å². The molecule has 0 aromatic carbocycles. The summed E-state index contributed by atoms with van der Waals surface area (Å²) < 4.78 is 0. The molecule has 0 aromatic heterocycles. The number of unbranched alkanes of at least 4 members (excludes halogenated alkanes) is 4. The highest BCUT2D eigenvalue weighted by Crippen LogP contribution is 2.38. The Hall–Kier alpha value is -0.570. The second-order valence-corrected chi connectivity index (χ2v) is 8.86. The van der Waals surface area contributed by atoms with Gasteiger partial charge in [0.1, 0.15) is 0 Å². The lowest BCUT2D eigenvalue weighted by Crippen LogP contribution is -2.55. The van der Waals surface area contributed by atoms with Crippen LogP contribution in [0, 0.1) is 17.8 Å². The molecular weight excluding hydrogens is 308 g/mol. The lowest BCUT2D eigenvalue weighted by Gasteiger charge is -2.47. The van der Waals surface area contributed by atoms with Gasteiger partial charge in [0.2, 0.25) is 5.91 Å². The molecule has 0 radical (unpaired) electrons. The molecule has 0 bridgehead atoms. The molecule has 25 heavy (non-hydrogen) atoms. The van der Waals surface area contributed by atoms with E-state index in [1.807, 2.05) is 0 Å². The van der Waals surface area contributed by atoms with Gasteiger partial charge in [0.15, 0.2) is 0 Å².